The molecule has 0 aromatic rings. The number of aliphatic hydroxyl groups is 1. The molecule has 1 rings (SSSR count). The van der Waals surface area contributed by atoms with Gasteiger partial charge in [0.2, 0.25) is 0 Å². The van der Waals surface area contributed by atoms with Gasteiger partial charge in [-0.25, -0.2) is 0 Å². The van der Waals surface area contributed by atoms with Crippen molar-refractivity contribution < 1.29 is 9.84 Å². The number of ether oxygens (including phenoxy) is 1. The highest BCUT2D eigenvalue weighted by Crippen LogP contribution is 2.00. The average Bonchev–Trinajstić information content (AvgIpc) is 1.69. The molecule has 1 N–H and O–H groups in total. The van der Waals surface area contributed by atoms with Crippen LogP contribution in [0.4, 0.5) is 0 Å². The Morgan fingerprint density at radius 3 is 2.86 bits per heavy atom. The van der Waals surface area contributed by atoms with Gasteiger partial charge < -0.3 is 9.84 Å². The van der Waals surface area contributed by atoms with Crippen LogP contribution in [-0.2, 0) is 4.74 Å². The number of hydrogen-bond donors (Lipinski definition) is 1. The highest BCUT2D eigenvalue weighted by atomic mass is 16.5. The van der Waals surface area contributed by atoms with Crippen LogP contribution in [-0.4, -0.2) is 17.8 Å². The maximum atomic E-state index is 8.74. The van der Waals surface area contributed by atoms with Crippen LogP contribution in [0.25, 0.3) is 0 Å². The predicted octanol–water partition coefficient (Wildman–Crippen LogP) is 0.281. The summed E-state index contributed by atoms with van der Waals surface area (Å²) < 4.78 is 4.80. The van der Waals surface area contributed by atoms with Crippen LogP contribution in [0, 0.1) is 0 Å². The lowest BCUT2D eigenvalue weighted by molar-refractivity contribution is 0.132. The minimum Gasteiger partial charge on any atom is -0.501 e. The van der Waals surface area contributed by atoms with Gasteiger partial charge in [0.25, 0.3) is 0 Å². The Hall–Kier alpha value is -0.500. The largest absolute Gasteiger partial charge is 0.501 e. The van der Waals surface area contributed by atoms with Crippen molar-refractivity contribution in [3.8, 4) is 0 Å². The maximum absolute atomic E-state index is 8.74. The molecule has 2 heteroatoms. The molecule has 0 saturated carbocycles. The normalized spacial score (nSPS) is 29.6. The van der Waals surface area contributed by atoms with Crippen LogP contribution in [0.5, 0.6) is 0 Å². The molecule has 0 aromatic heterocycles. The van der Waals surface area contributed by atoms with Crippen molar-refractivity contribution in [2.45, 2.75) is 12.5 Å². The van der Waals surface area contributed by atoms with Gasteiger partial charge in [-0.15, -0.1) is 0 Å². The first-order chi connectivity index (χ1) is 3.39. The predicted molar refractivity (Wildman–Crippen MR) is 25.7 cm³/mol. The van der Waals surface area contributed by atoms with Crippen LogP contribution < -0.4 is 0 Å². The van der Waals surface area contributed by atoms with Gasteiger partial charge in [-0.3, -0.25) is 0 Å². The first-order valence-corrected chi connectivity index (χ1v) is 2.36. The summed E-state index contributed by atoms with van der Waals surface area (Å²) in [6.07, 6.45) is 3.64. The van der Waals surface area contributed by atoms with Crippen molar-refractivity contribution in [1.29, 1.82) is 0 Å². The molecule has 0 amide bonds. The highest BCUT2D eigenvalue weighted by molar-refractivity contribution is 4.85. The molecule has 0 bridgehead atoms. The van der Waals surface area contributed by atoms with Crippen molar-refractivity contribution in [3.63, 3.8) is 0 Å². The van der Waals surface area contributed by atoms with Gasteiger partial charge in [-0.2, -0.15) is 0 Å². The standard InChI is InChI=1S/C5H8O2/c6-5-1-3-7-4-2-5/h1,3,5-6H,2,4H2/t5-/m0/s1. The second-order valence-electron chi connectivity index (χ2n) is 1.56. The Morgan fingerprint density at radius 2 is 2.57 bits per heavy atom. The van der Waals surface area contributed by atoms with Gasteiger partial charge in [-0.05, 0) is 6.08 Å². The van der Waals surface area contributed by atoms with E-state index in [2.05, 4.69) is 0 Å². The molecular formula is C5H8O2. The highest BCUT2D eigenvalue weighted by Gasteiger charge is 2.01. The van der Waals surface area contributed by atoms with E-state index in [1.165, 1.54) is 6.26 Å². The summed E-state index contributed by atoms with van der Waals surface area (Å²) in [4.78, 5) is 0. The first-order valence-electron chi connectivity index (χ1n) is 2.36. The Balaban J connectivity index is 2.36. The van der Waals surface area contributed by atoms with Crippen molar-refractivity contribution in [1.82, 2.24) is 0 Å². The van der Waals surface area contributed by atoms with Crippen LogP contribution in [0.2, 0.25) is 0 Å². The van der Waals surface area contributed by atoms with E-state index in [4.69, 9.17) is 9.84 Å². The summed E-state index contributed by atoms with van der Waals surface area (Å²) in [5.41, 5.74) is 0. The molecule has 0 unspecified atom stereocenters. The van der Waals surface area contributed by atoms with Gasteiger partial charge >= 0.3 is 0 Å². The zero-order valence-electron chi connectivity index (χ0n) is 4.00. The van der Waals surface area contributed by atoms with Gasteiger partial charge in [-0.1, -0.05) is 0 Å². The molecule has 40 valence electrons. The Morgan fingerprint density at radius 1 is 1.71 bits per heavy atom. The molecule has 0 saturated heterocycles. The smallest absolute Gasteiger partial charge is 0.0901 e. The molecule has 0 spiro atoms. The molecule has 0 fully saturated rings. The van der Waals surface area contributed by atoms with Gasteiger partial charge in [0, 0.05) is 6.42 Å². The topological polar surface area (TPSA) is 29.5 Å². The second-order valence-corrected chi connectivity index (χ2v) is 1.56. The molecule has 1 atom stereocenters. The summed E-state index contributed by atoms with van der Waals surface area (Å²) in [7, 11) is 0. The second kappa shape index (κ2) is 1.98. The zero-order valence-corrected chi connectivity index (χ0v) is 4.00. The molecule has 0 radical (unpaired) electrons. The molecule has 2 nitrogen and oxygen atoms in total. The van der Waals surface area contributed by atoms with E-state index in [1.54, 1.807) is 6.08 Å². The van der Waals surface area contributed by atoms with E-state index in [1.807, 2.05) is 0 Å². The SMILES string of the molecule is O[C@H]1C=COCC1. The molecule has 7 heavy (non-hydrogen) atoms. The monoisotopic (exact) mass is 100 g/mol. The van der Waals surface area contributed by atoms with Gasteiger partial charge in [0.05, 0.1) is 19.0 Å². The summed E-state index contributed by atoms with van der Waals surface area (Å²) in [6, 6.07) is 0. The minimum atomic E-state index is -0.270. The van der Waals surface area contributed by atoms with E-state index in [9.17, 15) is 0 Å². The molecule has 0 aliphatic carbocycles. The van der Waals surface area contributed by atoms with E-state index < -0.39 is 0 Å². The Labute approximate surface area is 42.4 Å². The quantitative estimate of drug-likeness (QED) is 0.474. The third-order valence-electron chi connectivity index (χ3n) is 0.928. The van der Waals surface area contributed by atoms with Crippen molar-refractivity contribution in [3.05, 3.63) is 12.3 Å². The summed E-state index contributed by atoms with van der Waals surface area (Å²) in [6.45, 7) is 0.650. The molecule has 1 heterocycles. The zero-order chi connectivity index (χ0) is 5.11. The Kier molecular flexibility index (Phi) is 1.32. The van der Waals surface area contributed by atoms with Crippen molar-refractivity contribution in [2.24, 2.45) is 0 Å². The molecule has 1 aliphatic rings. The lowest BCUT2D eigenvalue weighted by atomic mass is 10.2. The van der Waals surface area contributed by atoms with E-state index in [0.29, 0.717) is 6.61 Å². The first kappa shape index (κ1) is 4.65. The summed E-state index contributed by atoms with van der Waals surface area (Å²) in [5, 5.41) is 8.74. The fourth-order valence-corrected chi connectivity index (χ4v) is 0.499. The minimum absolute atomic E-state index is 0.270. The summed E-state index contributed by atoms with van der Waals surface area (Å²) >= 11 is 0. The van der Waals surface area contributed by atoms with Gasteiger partial charge in [0.15, 0.2) is 0 Å². The van der Waals surface area contributed by atoms with E-state index in [-0.39, 0.29) is 6.10 Å². The number of aliphatic hydroxyl groups excluding tert-OH is 1. The van der Waals surface area contributed by atoms with Crippen LogP contribution >= 0.6 is 0 Å². The van der Waals surface area contributed by atoms with Crippen LogP contribution in [0.3, 0.4) is 0 Å². The van der Waals surface area contributed by atoms with E-state index in [0.717, 1.165) is 6.42 Å². The number of rotatable bonds is 0. The molecule has 0 aromatic carbocycles. The fraction of sp³-hybridized carbons (Fsp3) is 0.600. The van der Waals surface area contributed by atoms with Crippen molar-refractivity contribution in [2.75, 3.05) is 6.61 Å². The molecular weight excluding hydrogens is 92.1 g/mol. The third kappa shape index (κ3) is 1.20. The number of hydrogen-bond acceptors (Lipinski definition) is 2. The van der Waals surface area contributed by atoms with Gasteiger partial charge in [0.1, 0.15) is 0 Å². The lowest BCUT2D eigenvalue weighted by Gasteiger charge is -2.09. The maximum Gasteiger partial charge on any atom is 0.0901 e. The third-order valence-corrected chi connectivity index (χ3v) is 0.928. The van der Waals surface area contributed by atoms with Crippen LogP contribution in [0.1, 0.15) is 6.42 Å². The Bertz CT molecular complexity index is 78.1. The molecule has 1 aliphatic heterocycles. The average molecular weight is 100 g/mol. The fourth-order valence-electron chi connectivity index (χ4n) is 0.499. The van der Waals surface area contributed by atoms with E-state index >= 15 is 0 Å². The lowest BCUT2D eigenvalue weighted by Crippen LogP contribution is -2.09. The van der Waals surface area contributed by atoms with Crippen molar-refractivity contribution >= 4 is 0 Å². The van der Waals surface area contributed by atoms with Crippen LogP contribution in [0.15, 0.2) is 12.3 Å². The summed E-state index contributed by atoms with van der Waals surface area (Å²) in [5.74, 6) is 0.